The van der Waals surface area contributed by atoms with E-state index in [-0.39, 0.29) is 11.9 Å². The van der Waals surface area contributed by atoms with Gasteiger partial charge in [0.05, 0.1) is 12.6 Å². The lowest BCUT2D eigenvalue weighted by atomic mass is 10.1. The minimum atomic E-state index is 0.0583. The number of rotatable bonds is 7. The number of hydrogen-bond acceptors (Lipinski definition) is 3. The Balaban J connectivity index is 1.68. The Kier molecular flexibility index (Phi) is 7.40. The molecule has 1 heterocycles. The van der Waals surface area contributed by atoms with Gasteiger partial charge in [-0.05, 0) is 63.9 Å². The summed E-state index contributed by atoms with van der Waals surface area (Å²) in [6.07, 6.45) is 6.54. The molecular weight excluding hydrogens is 288 g/mol. The predicted octanol–water partition coefficient (Wildman–Crippen LogP) is 3.01. The fourth-order valence-corrected chi connectivity index (χ4v) is 3.12. The number of benzene rings is 1. The topological polar surface area (TPSA) is 41.6 Å². The van der Waals surface area contributed by atoms with Crippen LogP contribution in [0.1, 0.15) is 44.6 Å². The van der Waals surface area contributed by atoms with Gasteiger partial charge in [-0.2, -0.15) is 0 Å². The Morgan fingerprint density at radius 2 is 2.04 bits per heavy atom. The highest BCUT2D eigenvalue weighted by atomic mass is 16.5. The molecule has 128 valence electrons. The lowest BCUT2D eigenvalue weighted by Crippen LogP contribution is -2.45. The summed E-state index contributed by atoms with van der Waals surface area (Å²) in [4.78, 5) is 14.5. The van der Waals surface area contributed by atoms with Gasteiger partial charge in [-0.3, -0.25) is 9.69 Å². The van der Waals surface area contributed by atoms with Crippen LogP contribution in [0.3, 0.4) is 0 Å². The number of carbonyl (C=O) groups is 1. The Bertz CT molecular complexity index is 473. The summed E-state index contributed by atoms with van der Waals surface area (Å²) in [6, 6.07) is 8.29. The van der Waals surface area contributed by atoms with Crippen LogP contribution in [0.5, 0.6) is 5.75 Å². The molecule has 23 heavy (non-hydrogen) atoms. The fourth-order valence-electron chi connectivity index (χ4n) is 3.12. The van der Waals surface area contributed by atoms with E-state index in [0.717, 1.165) is 44.5 Å². The summed E-state index contributed by atoms with van der Waals surface area (Å²) in [5.41, 5.74) is 1.29. The lowest BCUT2D eigenvalue weighted by Gasteiger charge is -2.24. The highest BCUT2D eigenvalue weighted by molar-refractivity contribution is 5.81. The molecule has 1 atom stereocenters. The Morgan fingerprint density at radius 1 is 1.26 bits per heavy atom. The zero-order valence-electron chi connectivity index (χ0n) is 14.5. The first-order valence-electron chi connectivity index (χ1n) is 8.90. The first-order chi connectivity index (χ1) is 11.2. The second-order valence-electron chi connectivity index (χ2n) is 6.32. The van der Waals surface area contributed by atoms with E-state index in [1.165, 1.54) is 18.4 Å². The van der Waals surface area contributed by atoms with E-state index in [1.54, 1.807) is 0 Å². The summed E-state index contributed by atoms with van der Waals surface area (Å²) >= 11 is 0. The molecule has 1 aromatic rings. The van der Waals surface area contributed by atoms with E-state index < -0.39 is 0 Å². The summed E-state index contributed by atoms with van der Waals surface area (Å²) in [5.74, 6) is 1.11. The van der Waals surface area contributed by atoms with E-state index in [2.05, 4.69) is 29.4 Å². The van der Waals surface area contributed by atoms with Crippen LogP contribution in [-0.2, 0) is 11.2 Å². The first-order valence-corrected chi connectivity index (χ1v) is 8.90. The van der Waals surface area contributed by atoms with E-state index in [9.17, 15) is 4.79 Å². The molecule has 0 saturated carbocycles. The Labute approximate surface area is 140 Å². The van der Waals surface area contributed by atoms with Gasteiger partial charge in [0.15, 0.2) is 0 Å². The quantitative estimate of drug-likeness (QED) is 0.786. The third kappa shape index (κ3) is 5.87. The van der Waals surface area contributed by atoms with Crippen molar-refractivity contribution >= 4 is 5.91 Å². The number of hydrogen-bond donors (Lipinski definition) is 1. The van der Waals surface area contributed by atoms with Crippen LogP contribution in [0, 0.1) is 0 Å². The molecule has 0 spiro atoms. The van der Waals surface area contributed by atoms with Crippen molar-refractivity contribution in [2.75, 3.05) is 26.7 Å². The molecule has 1 aromatic carbocycles. The van der Waals surface area contributed by atoms with Crippen molar-refractivity contribution in [1.82, 2.24) is 10.2 Å². The molecule has 4 nitrogen and oxygen atoms in total. The van der Waals surface area contributed by atoms with Gasteiger partial charge in [-0.1, -0.05) is 25.0 Å². The lowest BCUT2D eigenvalue weighted by molar-refractivity contribution is -0.126. The van der Waals surface area contributed by atoms with E-state index in [1.807, 2.05) is 19.1 Å². The second kappa shape index (κ2) is 9.56. The third-order valence-corrected chi connectivity index (χ3v) is 4.50. The van der Waals surface area contributed by atoms with Crippen LogP contribution in [-0.4, -0.2) is 43.6 Å². The van der Waals surface area contributed by atoms with Gasteiger partial charge in [0.2, 0.25) is 5.91 Å². The number of carbonyl (C=O) groups excluding carboxylic acids is 1. The maximum atomic E-state index is 12.3. The first kappa shape index (κ1) is 17.8. The van der Waals surface area contributed by atoms with Crippen molar-refractivity contribution in [2.45, 2.75) is 51.5 Å². The molecule has 4 heteroatoms. The van der Waals surface area contributed by atoms with Crippen LogP contribution >= 0.6 is 0 Å². The zero-order valence-corrected chi connectivity index (χ0v) is 14.5. The van der Waals surface area contributed by atoms with Gasteiger partial charge in [-0.15, -0.1) is 0 Å². The van der Waals surface area contributed by atoms with E-state index >= 15 is 0 Å². The molecule has 1 N–H and O–H groups in total. The standard InChI is InChI=1S/C19H30N2O2/c1-3-23-17-12-10-16(11-13-17)8-7-14-20-19(22)18-9-5-4-6-15-21(18)2/h10-13,18H,3-9,14-15H2,1-2H3,(H,20,22). The second-order valence-corrected chi connectivity index (χ2v) is 6.32. The Hall–Kier alpha value is -1.55. The fraction of sp³-hybridized carbons (Fsp3) is 0.632. The molecule has 1 saturated heterocycles. The highest BCUT2D eigenvalue weighted by Gasteiger charge is 2.23. The number of amides is 1. The summed E-state index contributed by atoms with van der Waals surface area (Å²) < 4.78 is 5.44. The van der Waals surface area contributed by atoms with Crippen LogP contribution in [0.15, 0.2) is 24.3 Å². The normalized spacial score (nSPS) is 19.1. The van der Waals surface area contributed by atoms with Gasteiger partial charge in [0.25, 0.3) is 0 Å². The minimum absolute atomic E-state index is 0.0583. The molecule has 1 amide bonds. The maximum absolute atomic E-state index is 12.3. The van der Waals surface area contributed by atoms with Gasteiger partial charge >= 0.3 is 0 Å². The summed E-state index contributed by atoms with van der Waals surface area (Å²) in [5, 5.41) is 3.11. The molecule has 0 radical (unpaired) electrons. The molecular formula is C19H30N2O2. The number of nitrogens with zero attached hydrogens (tertiary/aromatic N) is 1. The monoisotopic (exact) mass is 318 g/mol. The summed E-state index contributed by atoms with van der Waals surface area (Å²) in [6.45, 7) is 4.46. The van der Waals surface area contributed by atoms with Crippen molar-refractivity contribution in [2.24, 2.45) is 0 Å². The van der Waals surface area contributed by atoms with Crippen molar-refractivity contribution in [3.05, 3.63) is 29.8 Å². The third-order valence-electron chi connectivity index (χ3n) is 4.50. The van der Waals surface area contributed by atoms with Crippen molar-refractivity contribution in [1.29, 1.82) is 0 Å². The number of likely N-dealkylation sites (N-methyl/N-ethyl adjacent to an activating group) is 1. The van der Waals surface area contributed by atoms with Crippen molar-refractivity contribution in [3.63, 3.8) is 0 Å². The molecule has 1 unspecified atom stereocenters. The van der Waals surface area contributed by atoms with Crippen LogP contribution in [0.2, 0.25) is 0 Å². The van der Waals surface area contributed by atoms with Crippen LogP contribution in [0.4, 0.5) is 0 Å². The molecule has 1 aliphatic heterocycles. The van der Waals surface area contributed by atoms with E-state index in [0.29, 0.717) is 6.61 Å². The number of ether oxygens (including phenoxy) is 1. The Morgan fingerprint density at radius 3 is 2.78 bits per heavy atom. The van der Waals surface area contributed by atoms with Gasteiger partial charge in [0.1, 0.15) is 5.75 Å². The molecule has 1 fully saturated rings. The van der Waals surface area contributed by atoms with E-state index in [4.69, 9.17) is 4.74 Å². The van der Waals surface area contributed by atoms with Crippen LogP contribution < -0.4 is 10.1 Å². The molecule has 2 rings (SSSR count). The zero-order chi connectivity index (χ0) is 16.5. The predicted molar refractivity (Wildman–Crippen MR) is 93.8 cm³/mol. The average Bonchev–Trinajstić information content (AvgIpc) is 2.78. The molecule has 1 aliphatic rings. The molecule has 0 bridgehead atoms. The summed E-state index contributed by atoms with van der Waals surface area (Å²) in [7, 11) is 2.06. The maximum Gasteiger partial charge on any atom is 0.237 e. The van der Waals surface area contributed by atoms with Gasteiger partial charge in [0, 0.05) is 6.54 Å². The average molecular weight is 318 g/mol. The van der Waals surface area contributed by atoms with Crippen molar-refractivity contribution < 1.29 is 9.53 Å². The number of likely N-dealkylation sites (tertiary alicyclic amines) is 1. The van der Waals surface area contributed by atoms with Gasteiger partial charge in [-0.25, -0.2) is 0 Å². The SMILES string of the molecule is CCOc1ccc(CCCNC(=O)C2CCCCCN2C)cc1. The number of nitrogens with one attached hydrogen (secondary N) is 1. The smallest absolute Gasteiger partial charge is 0.237 e. The van der Waals surface area contributed by atoms with Gasteiger partial charge < -0.3 is 10.1 Å². The minimum Gasteiger partial charge on any atom is -0.494 e. The van der Waals surface area contributed by atoms with Crippen molar-refractivity contribution in [3.8, 4) is 5.75 Å². The number of aryl methyl sites for hydroxylation is 1. The highest BCUT2D eigenvalue weighted by Crippen LogP contribution is 2.15. The molecule has 0 aromatic heterocycles. The largest absolute Gasteiger partial charge is 0.494 e. The van der Waals surface area contributed by atoms with Crippen LogP contribution in [0.25, 0.3) is 0 Å². The molecule has 0 aliphatic carbocycles.